The Morgan fingerprint density at radius 1 is 1.60 bits per heavy atom. The van der Waals surface area contributed by atoms with Crippen LogP contribution in [0, 0.1) is 11.8 Å². The maximum atomic E-state index is 10.4. The smallest absolute Gasteiger partial charge is 0.302 e. The molecule has 0 heterocycles. The maximum Gasteiger partial charge on any atom is 0.302 e. The molecule has 0 spiro atoms. The van der Waals surface area contributed by atoms with Gasteiger partial charge >= 0.3 is 5.97 Å². The van der Waals surface area contributed by atoms with Crippen LogP contribution in [0.15, 0.2) is 24.3 Å². The van der Waals surface area contributed by atoms with E-state index in [1.54, 1.807) is 26.0 Å². The van der Waals surface area contributed by atoms with Crippen LogP contribution in [0.2, 0.25) is 0 Å². The van der Waals surface area contributed by atoms with Gasteiger partial charge in [0.05, 0.1) is 5.60 Å². The van der Waals surface area contributed by atoms with Crippen molar-refractivity contribution in [2.45, 2.75) is 26.4 Å². The molecule has 82 valence electrons. The van der Waals surface area contributed by atoms with Gasteiger partial charge in [0.15, 0.2) is 0 Å². The van der Waals surface area contributed by atoms with E-state index >= 15 is 0 Å². The van der Waals surface area contributed by atoms with Crippen molar-refractivity contribution in [1.82, 2.24) is 0 Å². The first-order valence-corrected chi connectivity index (χ1v) is 4.55. The maximum absolute atomic E-state index is 10.4. The van der Waals surface area contributed by atoms with Crippen molar-refractivity contribution in [3.8, 4) is 11.8 Å². The lowest BCUT2D eigenvalue weighted by Gasteiger charge is -2.14. The molecule has 0 bridgehead atoms. The average molecular weight is 208 g/mol. The van der Waals surface area contributed by atoms with Crippen molar-refractivity contribution in [2.75, 3.05) is 6.61 Å². The molecule has 0 atom stereocenters. The lowest BCUT2D eigenvalue weighted by molar-refractivity contribution is -0.139. The van der Waals surface area contributed by atoms with Gasteiger partial charge in [0.1, 0.15) is 6.61 Å². The fraction of sp³-hybridized carbons (Fsp3) is 0.417. The number of hydrogen-bond acceptors (Lipinski definition) is 3. The Hall–Kier alpha value is -1.53. The van der Waals surface area contributed by atoms with E-state index in [0.717, 1.165) is 0 Å². The van der Waals surface area contributed by atoms with Crippen LogP contribution >= 0.6 is 0 Å². The van der Waals surface area contributed by atoms with E-state index < -0.39 is 5.60 Å². The molecule has 0 aliphatic carbocycles. The van der Waals surface area contributed by atoms with Gasteiger partial charge in [-0.05, 0) is 26.0 Å². The predicted molar refractivity (Wildman–Crippen MR) is 59.0 cm³/mol. The molecular formula is C12H16O3. The second kappa shape index (κ2) is 6.05. The SMILES string of the molecule is C=C(C#C/C=C/COC(C)=O)C(C)(C)O. The van der Waals surface area contributed by atoms with Gasteiger partial charge in [-0.1, -0.05) is 18.4 Å². The highest BCUT2D eigenvalue weighted by Crippen LogP contribution is 2.11. The molecule has 3 nitrogen and oxygen atoms in total. The molecule has 0 saturated heterocycles. The number of allylic oxidation sites excluding steroid dienone is 1. The minimum atomic E-state index is -0.989. The number of hydrogen-bond donors (Lipinski definition) is 1. The monoisotopic (exact) mass is 208 g/mol. The van der Waals surface area contributed by atoms with Crippen molar-refractivity contribution in [3.63, 3.8) is 0 Å². The quantitative estimate of drug-likeness (QED) is 0.564. The van der Waals surface area contributed by atoms with Crippen LogP contribution in [0.5, 0.6) is 0 Å². The van der Waals surface area contributed by atoms with Gasteiger partial charge in [0.2, 0.25) is 0 Å². The average Bonchev–Trinajstić information content (AvgIpc) is 2.08. The zero-order valence-electron chi connectivity index (χ0n) is 9.33. The third-order valence-corrected chi connectivity index (χ3v) is 1.55. The Bertz CT molecular complexity index is 321. The Kier molecular flexibility index (Phi) is 5.43. The van der Waals surface area contributed by atoms with E-state index in [1.807, 2.05) is 0 Å². The highest BCUT2D eigenvalue weighted by molar-refractivity contribution is 5.66. The normalized spacial score (nSPS) is 10.7. The van der Waals surface area contributed by atoms with Crippen LogP contribution in [0.1, 0.15) is 20.8 Å². The summed E-state index contributed by atoms with van der Waals surface area (Å²) < 4.78 is 4.65. The summed E-state index contributed by atoms with van der Waals surface area (Å²) >= 11 is 0. The summed E-state index contributed by atoms with van der Waals surface area (Å²) in [4.78, 5) is 10.4. The van der Waals surface area contributed by atoms with Gasteiger partial charge < -0.3 is 9.84 Å². The fourth-order valence-electron chi connectivity index (χ4n) is 0.554. The van der Waals surface area contributed by atoms with Crippen molar-refractivity contribution >= 4 is 5.97 Å². The Morgan fingerprint density at radius 2 is 2.20 bits per heavy atom. The molecule has 0 aromatic carbocycles. The molecule has 0 aliphatic heterocycles. The highest BCUT2D eigenvalue weighted by atomic mass is 16.5. The van der Waals surface area contributed by atoms with Gasteiger partial charge in [-0.3, -0.25) is 4.79 Å². The zero-order chi connectivity index (χ0) is 11.9. The summed E-state index contributed by atoms with van der Waals surface area (Å²) in [6.45, 7) is 8.41. The van der Waals surface area contributed by atoms with Crippen LogP contribution < -0.4 is 0 Å². The van der Waals surface area contributed by atoms with Gasteiger partial charge in [-0.2, -0.15) is 0 Å². The number of carbonyl (C=O) groups is 1. The third kappa shape index (κ3) is 7.53. The molecule has 0 rings (SSSR count). The lowest BCUT2D eigenvalue weighted by Crippen LogP contribution is -2.19. The Morgan fingerprint density at radius 3 is 2.67 bits per heavy atom. The third-order valence-electron chi connectivity index (χ3n) is 1.55. The molecule has 0 aromatic rings. The van der Waals surface area contributed by atoms with E-state index in [4.69, 9.17) is 0 Å². The van der Waals surface area contributed by atoms with E-state index in [9.17, 15) is 9.90 Å². The Labute approximate surface area is 90.4 Å². The van der Waals surface area contributed by atoms with Crippen LogP contribution in [-0.2, 0) is 9.53 Å². The molecule has 0 amide bonds. The summed E-state index contributed by atoms with van der Waals surface area (Å²) in [6.07, 6.45) is 3.17. The molecule has 0 unspecified atom stereocenters. The van der Waals surface area contributed by atoms with Gasteiger partial charge in [0, 0.05) is 12.5 Å². The molecule has 0 radical (unpaired) electrons. The minimum Gasteiger partial charge on any atom is -0.462 e. The van der Waals surface area contributed by atoms with Crippen LogP contribution in [0.25, 0.3) is 0 Å². The summed E-state index contributed by atoms with van der Waals surface area (Å²) in [5, 5.41) is 9.47. The molecule has 0 fully saturated rings. The summed E-state index contributed by atoms with van der Waals surface area (Å²) in [6, 6.07) is 0. The van der Waals surface area contributed by atoms with Crippen LogP contribution in [0.4, 0.5) is 0 Å². The largest absolute Gasteiger partial charge is 0.462 e. The first kappa shape index (κ1) is 13.5. The predicted octanol–water partition coefficient (Wildman–Crippen LogP) is 1.44. The number of ether oxygens (including phenoxy) is 1. The van der Waals surface area contributed by atoms with E-state index in [0.29, 0.717) is 5.57 Å². The fourth-order valence-corrected chi connectivity index (χ4v) is 0.554. The molecule has 0 aliphatic rings. The summed E-state index contributed by atoms with van der Waals surface area (Å²) in [5.74, 6) is 5.05. The second-order valence-corrected chi connectivity index (χ2v) is 3.51. The van der Waals surface area contributed by atoms with Crippen molar-refractivity contribution in [3.05, 3.63) is 24.3 Å². The van der Waals surface area contributed by atoms with Crippen molar-refractivity contribution < 1.29 is 14.6 Å². The van der Waals surface area contributed by atoms with Gasteiger partial charge in [-0.15, -0.1) is 0 Å². The van der Waals surface area contributed by atoms with E-state index in [2.05, 4.69) is 23.2 Å². The van der Waals surface area contributed by atoms with Crippen molar-refractivity contribution in [2.24, 2.45) is 0 Å². The lowest BCUT2D eigenvalue weighted by atomic mass is 10.0. The first-order chi connectivity index (χ1) is 6.84. The molecule has 3 heteroatoms. The molecule has 1 N–H and O–H groups in total. The van der Waals surface area contributed by atoms with Gasteiger partial charge in [0.25, 0.3) is 0 Å². The Balaban J connectivity index is 4.00. The number of esters is 1. The van der Waals surface area contributed by atoms with E-state index in [1.165, 1.54) is 6.92 Å². The van der Waals surface area contributed by atoms with Crippen LogP contribution in [0.3, 0.4) is 0 Å². The highest BCUT2D eigenvalue weighted by Gasteiger charge is 2.14. The van der Waals surface area contributed by atoms with Crippen molar-refractivity contribution in [1.29, 1.82) is 0 Å². The summed E-state index contributed by atoms with van der Waals surface area (Å²) in [5.41, 5.74) is -0.545. The van der Waals surface area contributed by atoms with Gasteiger partial charge in [-0.25, -0.2) is 0 Å². The minimum absolute atomic E-state index is 0.207. The topological polar surface area (TPSA) is 46.5 Å². The second-order valence-electron chi connectivity index (χ2n) is 3.51. The molecule has 0 saturated carbocycles. The standard InChI is InChI=1S/C12H16O3/c1-10(12(3,4)14)8-6-5-7-9-15-11(2)13/h5,7,14H,1,9H2,2-4H3/b7-5+. The zero-order valence-corrected chi connectivity index (χ0v) is 9.33. The number of aliphatic hydroxyl groups is 1. The molecule has 15 heavy (non-hydrogen) atoms. The first-order valence-electron chi connectivity index (χ1n) is 4.55. The molecule has 0 aromatic heterocycles. The molecular weight excluding hydrogens is 192 g/mol. The van der Waals surface area contributed by atoms with Crippen LogP contribution in [-0.4, -0.2) is 23.3 Å². The number of carbonyl (C=O) groups excluding carboxylic acids is 1. The summed E-state index contributed by atoms with van der Waals surface area (Å²) in [7, 11) is 0. The van der Waals surface area contributed by atoms with E-state index in [-0.39, 0.29) is 12.6 Å². The number of rotatable bonds is 3.